The monoisotopic (exact) mass is 289 g/mol. The van der Waals surface area contributed by atoms with Crippen molar-refractivity contribution in [2.24, 2.45) is 0 Å². The third-order valence-electron chi connectivity index (χ3n) is 2.46. The van der Waals surface area contributed by atoms with Gasteiger partial charge in [-0.15, -0.1) is 0 Å². The molecule has 0 aromatic carbocycles. The summed E-state index contributed by atoms with van der Waals surface area (Å²) in [5.74, 6) is -2.80. The average Bonchev–Trinajstić information content (AvgIpc) is 2.32. The number of carbonyl (C=O) groups is 4. The molecule has 3 amide bonds. The number of amides is 3. The van der Waals surface area contributed by atoms with E-state index in [9.17, 15) is 19.2 Å². The van der Waals surface area contributed by atoms with E-state index < -0.39 is 24.0 Å². The van der Waals surface area contributed by atoms with Crippen LogP contribution in [-0.2, 0) is 14.4 Å². The molecule has 0 aliphatic heterocycles. The normalized spacial score (nSPS) is 11.3. The highest BCUT2D eigenvalue weighted by Gasteiger charge is 2.23. The predicted octanol–water partition coefficient (Wildman–Crippen LogP) is -0.966. The number of aliphatic carboxylic acids is 2. The van der Waals surface area contributed by atoms with Gasteiger partial charge in [0, 0.05) is 27.6 Å². The lowest BCUT2D eigenvalue weighted by molar-refractivity contribution is -0.140. The second-order valence-corrected chi connectivity index (χ2v) is 4.42. The third-order valence-corrected chi connectivity index (χ3v) is 2.46. The van der Waals surface area contributed by atoms with Crippen LogP contribution in [0.5, 0.6) is 0 Å². The molecule has 9 nitrogen and oxygen atoms in total. The van der Waals surface area contributed by atoms with E-state index in [0.29, 0.717) is 0 Å². The van der Waals surface area contributed by atoms with Gasteiger partial charge < -0.3 is 25.3 Å². The highest BCUT2D eigenvalue weighted by molar-refractivity contribution is 5.86. The molecular formula is C11H19N3O6. The summed E-state index contributed by atoms with van der Waals surface area (Å²) in [7, 11) is 4.40. The Kier molecular flexibility index (Phi) is 7.05. The van der Waals surface area contributed by atoms with Gasteiger partial charge in [-0.25, -0.2) is 9.59 Å². The molecule has 0 aliphatic rings. The topological polar surface area (TPSA) is 127 Å². The Labute approximate surface area is 116 Å². The molecule has 9 heteroatoms. The average molecular weight is 289 g/mol. The number of nitrogens with one attached hydrogen (secondary N) is 1. The second-order valence-electron chi connectivity index (χ2n) is 4.42. The standard InChI is InChI=1S/C11H19N3O6/c1-13(2)8(15)6-14(3)11(20)12-7(10(18)19)4-5-9(16)17/h7H,4-6H2,1-3H3,(H,12,20)(H,16,17)(H,18,19)/t7-/m0/s1. The van der Waals surface area contributed by atoms with Crippen molar-refractivity contribution < 1.29 is 29.4 Å². The van der Waals surface area contributed by atoms with Crippen LogP contribution in [0.25, 0.3) is 0 Å². The van der Waals surface area contributed by atoms with E-state index in [4.69, 9.17) is 10.2 Å². The van der Waals surface area contributed by atoms with E-state index in [-0.39, 0.29) is 25.3 Å². The van der Waals surface area contributed by atoms with Crippen molar-refractivity contribution in [3.05, 3.63) is 0 Å². The van der Waals surface area contributed by atoms with Crippen molar-refractivity contribution in [2.75, 3.05) is 27.7 Å². The maximum absolute atomic E-state index is 11.7. The number of rotatable bonds is 7. The van der Waals surface area contributed by atoms with Crippen LogP contribution in [0.1, 0.15) is 12.8 Å². The molecule has 0 saturated heterocycles. The first-order chi connectivity index (χ1) is 9.15. The predicted molar refractivity (Wildman–Crippen MR) is 68.1 cm³/mol. The first-order valence-electron chi connectivity index (χ1n) is 5.81. The van der Waals surface area contributed by atoms with Crippen LogP contribution >= 0.6 is 0 Å². The molecule has 0 aromatic heterocycles. The summed E-state index contributed by atoms with van der Waals surface area (Å²) in [6.07, 6.45) is -0.608. The van der Waals surface area contributed by atoms with E-state index in [1.807, 2.05) is 0 Å². The fourth-order valence-corrected chi connectivity index (χ4v) is 1.20. The maximum atomic E-state index is 11.7. The van der Waals surface area contributed by atoms with Gasteiger partial charge in [-0.1, -0.05) is 0 Å². The van der Waals surface area contributed by atoms with Crippen molar-refractivity contribution in [2.45, 2.75) is 18.9 Å². The van der Waals surface area contributed by atoms with Gasteiger partial charge in [0.1, 0.15) is 12.6 Å². The smallest absolute Gasteiger partial charge is 0.326 e. The zero-order valence-corrected chi connectivity index (χ0v) is 11.6. The van der Waals surface area contributed by atoms with Crippen LogP contribution in [0.3, 0.4) is 0 Å². The Hall–Kier alpha value is -2.32. The van der Waals surface area contributed by atoms with E-state index in [1.54, 1.807) is 0 Å². The van der Waals surface area contributed by atoms with Crippen LogP contribution in [0, 0.1) is 0 Å². The van der Waals surface area contributed by atoms with Crippen molar-refractivity contribution in [1.29, 1.82) is 0 Å². The minimum Gasteiger partial charge on any atom is -0.481 e. The molecule has 0 spiro atoms. The van der Waals surface area contributed by atoms with Gasteiger partial charge in [0.2, 0.25) is 5.91 Å². The number of nitrogens with zero attached hydrogens (tertiary/aromatic N) is 2. The van der Waals surface area contributed by atoms with E-state index in [0.717, 1.165) is 4.90 Å². The summed E-state index contributed by atoms with van der Waals surface area (Å²) in [6.45, 7) is -0.204. The molecule has 0 bridgehead atoms. The van der Waals surface area contributed by atoms with Crippen LogP contribution in [0.15, 0.2) is 0 Å². The van der Waals surface area contributed by atoms with Crippen LogP contribution in [-0.4, -0.2) is 77.6 Å². The first kappa shape index (κ1) is 17.7. The summed E-state index contributed by atoms with van der Waals surface area (Å²) < 4.78 is 0. The highest BCUT2D eigenvalue weighted by atomic mass is 16.4. The number of carboxylic acid groups (broad SMARTS) is 2. The van der Waals surface area contributed by atoms with Crippen LogP contribution in [0.4, 0.5) is 4.79 Å². The minimum absolute atomic E-state index is 0.204. The van der Waals surface area contributed by atoms with Gasteiger partial charge >= 0.3 is 18.0 Å². The lowest BCUT2D eigenvalue weighted by Crippen LogP contribution is -2.49. The van der Waals surface area contributed by atoms with Gasteiger partial charge in [-0.2, -0.15) is 0 Å². The van der Waals surface area contributed by atoms with Crippen molar-refractivity contribution >= 4 is 23.9 Å². The number of carboxylic acids is 2. The molecule has 20 heavy (non-hydrogen) atoms. The molecule has 0 saturated carbocycles. The molecule has 0 aliphatic carbocycles. The van der Waals surface area contributed by atoms with E-state index >= 15 is 0 Å². The molecule has 0 fully saturated rings. The molecule has 0 heterocycles. The fourth-order valence-electron chi connectivity index (χ4n) is 1.20. The lowest BCUT2D eigenvalue weighted by Gasteiger charge is -2.22. The fraction of sp³-hybridized carbons (Fsp3) is 0.636. The number of hydrogen-bond donors (Lipinski definition) is 3. The number of carbonyl (C=O) groups excluding carboxylic acids is 2. The summed E-state index contributed by atoms with van der Waals surface area (Å²) >= 11 is 0. The Balaban J connectivity index is 4.48. The van der Waals surface area contributed by atoms with Crippen molar-refractivity contribution in [1.82, 2.24) is 15.1 Å². The minimum atomic E-state index is -1.33. The first-order valence-corrected chi connectivity index (χ1v) is 5.81. The Morgan fingerprint density at radius 3 is 2.05 bits per heavy atom. The quantitative estimate of drug-likeness (QED) is 0.553. The second kappa shape index (κ2) is 7.97. The van der Waals surface area contributed by atoms with Crippen molar-refractivity contribution in [3.8, 4) is 0 Å². The van der Waals surface area contributed by atoms with Gasteiger partial charge in [0.15, 0.2) is 0 Å². The third kappa shape index (κ3) is 6.57. The summed E-state index contributed by atoms with van der Waals surface area (Å²) in [5, 5.41) is 19.6. The highest BCUT2D eigenvalue weighted by Crippen LogP contribution is 1.99. The van der Waals surface area contributed by atoms with E-state index in [1.165, 1.54) is 26.0 Å². The maximum Gasteiger partial charge on any atom is 0.326 e. The molecule has 0 unspecified atom stereocenters. The van der Waals surface area contributed by atoms with Crippen LogP contribution < -0.4 is 5.32 Å². The molecule has 3 N–H and O–H groups in total. The largest absolute Gasteiger partial charge is 0.481 e. The Morgan fingerprint density at radius 2 is 1.65 bits per heavy atom. The zero-order valence-electron chi connectivity index (χ0n) is 11.6. The Bertz CT molecular complexity index is 396. The van der Waals surface area contributed by atoms with Gasteiger partial charge in [0.05, 0.1) is 0 Å². The summed E-state index contributed by atoms with van der Waals surface area (Å²) in [6, 6.07) is -2.06. The molecule has 0 radical (unpaired) electrons. The molecule has 0 aromatic rings. The zero-order chi connectivity index (χ0) is 15.9. The molecule has 1 atom stereocenters. The number of likely N-dealkylation sites (N-methyl/N-ethyl adjacent to an activating group) is 2. The molecular weight excluding hydrogens is 270 g/mol. The van der Waals surface area contributed by atoms with Gasteiger partial charge in [-0.3, -0.25) is 9.59 Å². The molecule has 0 rings (SSSR count). The van der Waals surface area contributed by atoms with Gasteiger partial charge in [-0.05, 0) is 6.42 Å². The lowest BCUT2D eigenvalue weighted by atomic mass is 10.1. The van der Waals surface area contributed by atoms with Crippen LogP contribution in [0.2, 0.25) is 0 Å². The Morgan fingerprint density at radius 1 is 1.10 bits per heavy atom. The summed E-state index contributed by atoms with van der Waals surface area (Å²) in [5.41, 5.74) is 0. The number of hydrogen-bond acceptors (Lipinski definition) is 4. The number of urea groups is 1. The molecule has 114 valence electrons. The van der Waals surface area contributed by atoms with Gasteiger partial charge in [0.25, 0.3) is 0 Å². The van der Waals surface area contributed by atoms with E-state index in [2.05, 4.69) is 5.32 Å². The summed E-state index contributed by atoms with van der Waals surface area (Å²) in [4.78, 5) is 46.7. The SMILES string of the molecule is CN(C)C(=O)CN(C)C(=O)N[C@@H](CCC(=O)O)C(=O)O. The van der Waals surface area contributed by atoms with Crippen molar-refractivity contribution in [3.63, 3.8) is 0 Å².